The molecule has 0 spiro atoms. The number of furan rings is 1. The van der Waals surface area contributed by atoms with Crippen LogP contribution in [0.4, 0.5) is 10.7 Å². The van der Waals surface area contributed by atoms with Crippen LogP contribution in [0.2, 0.25) is 0 Å². The van der Waals surface area contributed by atoms with Crippen molar-refractivity contribution in [3.05, 3.63) is 68.9 Å². The van der Waals surface area contributed by atoms with Gasteiger partial charge in [-0.3, -0.25) is 9.59 Å². The molecule has 0 fully saturated rings. The Bertz CT molecular complexity index is 1040. The molecule has 0 radical (unpaired) electrons. The van der Waals surface area contributed by atoms with Gasteiger partial charge in [-0.25, -0.2) is 0 Å². The molecule has 1 aliphatic rings. The Morgan fingerprint density at radius 3 is 2.61 bits per heavy atom. The molecule has 0 aliphatic heterocycles. The lowest BCUT2D eigenvalue weighted by Gasteiger charge is -2.10. The first-order valence-electron chi connectivity index (χ1n) is 10.3. The van der Waals surface area contributed by atoms with Gasteiger partial charge in [-0.2, -0.15) is 0 Å². The number of anilines is 2. The number of halogens is 1. The van der Waals surface area contributed by atoms with Crippen LogP contribution in [0.1, 0.15) is 45.8 Å². The second-order valence-electron chi connectivity index (χ2n) is 7.46. The van der Waals surface area contributed by atoms with E-state index in [-0.39, 0.29) is 18.4 Å². The van der Waals surface area contributed by atoms with E-state index in [1.807, 2.05) is 36.4 Å². The molecule has 2 aromatic heterocycles. The van der Waals surface area contributed by atoms with E-state index in [1.165, 1.54) is 16.2 Å². The van der Waals surface area contributed by atoms with Crippen LogP contribution in [0.15, 0.2) is 51.6 Å². The second-order valence-corrected chi connectivity index (χ2v) is 9.48. The molecule has 1 aromatic carbocycles. The summed E-state index contributed by atoms with van der Waals surface area (Å²) in [5, 5.41) is 9.65. The highest BCUT2D eigenvalue weighted by Crippen LogP contribution is 2.38. The quantitative estimate of drug-likeness (QED) is 0.381. The number of nitrogens with one attached hydrogen (secondary N) is 3. The van der Waals surface area contributed by atoms with E-state index in [4.69, 9.17) is 4.42 Å². The molecule has 1 aliphatic carbocycles. The Labute approximate surface area is 193 Å². The maximum absolute atomic E-state index is 13.2. The molecule has 8 heteroatoms. The molecule has 2 amide bonds. The van der Waals surface area contributed by atoms with Crippen molar-refractivity contribution in [3.8, 4) is 0 Å². The molecule has 0 saturated carbocycles. The molecule has 0 atom stereocenters. The van der Waals surface area contributed by atoms with Crippen molar-refractivity contribution >= 4 is 49.8 Å². The molecule has 3 aromatic rings. The van der Waals surface area contributed by atoms with Crippen LogP contribution in [0.5, 0.6) is 0 Å². The maximum Gasteiger partial charge on any atom is 0.258 e. The molecule has 0 unspecified atom stereocenters. The topological polar surface area (TPSA) is 83.4 Å². The number of fused-ring (bicyclic) bond motifs is 1. The fourth-order valence-electron chi connectivity index (χ4n) is 3.68. The van der Waals surface area contributed by atoms with Crippen molar-refractivity contribution in [2.45, 2.75) is 38.6 Å². The average molecular weight is 502 g/mol. The van der Waals surface area contributed by atoms with Crippen LogP contribution in [-0.2, 0) is 24.2 Å². The number of hydrogen-bond donors (Lipinski definition) is 3. The number of thiophene rings is 1. The van der Waals surface area contributed by atoms with Crippen LogP contribution in [0.3, 0.4) is 0 Å². The third kappa shape index (κ3) is 5.64. The summed E-state index contributed by atoms with van der Waals surface area (Å²) >= 11 is 4.94. The van der Waals surface area contributed by atoms with Crippen molar-refractivity contribution in [3.63, 3.8) is 0 Å². The number of benzene rings is 1. The SMILES string of the molecule is O=C(CNCc1ccco1)Nc1sc2c(c1C(=O)Nc1ccc(Br)cc1)CCCCC2. The molecule has 4 rings (SSSR count). The third-order valence-corrected chi connectivity index (χ3v) is 6.90. The van der Waals surface area contributed by atoms with Crippen LogP contribution in [-0.4, -0.2) is 18.4 Å². The highest BCUT2D eigenvalue weighted by Gasteiger charge is 2.25. The summed E-state index contributed by atoms with van der Waals surface area (Å²) in [4.78, 5) is 27.0. The number of rotatable bonds is 7. The lowest BCUT2D eigenvalue weighted by Crippen LogP contribution is -2.28. The summed E-state index contributed by atoms with van der Waals surface area (Å²) in [5.41, 5.74) is 2.40. The van der Waals surface area contributed by atoms with E-state index < -0.39 is 0 Å². The van der Waals surface area contributed by atoms with E-state index in [9.17, 15) is 9.59 Å². The fourth-order valence-corrected chi connectivity index (χ4v) is 5.25. The standard InChI is InChI=1S/C23H24BrN3O3S/c24-15-8-10-16(11-9-15)26-22(29)21-18-6-2-1-3-7-19(18)31-23(21)27-20(28)14-25-13-17-5-4-12-30-17/h4-5,8-12,25H,1-3,6-7,13-14H2,(H,26,29)(H,27,28). The zero-order valence-electron chi connectivity index (χ0n) is 17.0. The second kappa shape index (κ2) is 10.3. The van der Waals surface area contributed by atoms with Gasteiger partial charge in [-0.05, 0) is 67.6 Å². The van der Waals surface area contributed by atoms with Crippen molar-refractivity contribution in [2.75, 3.05) is 17.2 Å². The van der Waals surface area contributed by atoms with Crippen LogP contribution in [0.25, 0.3) is 0 Å². The Kier molecular flexibility index (Phi) is 7.21. The van der Waals surface area contributed by atoms with Crippen LogP contribution < -0.4 is 16.0 Å². The van der Waals surface area contributed by atoms with Gasteiger partial charge in [0.1, 0.15) is 10.8 Å². The zero-order valence-corrected chi connectivity index (χ0v) is 19.4. The normalized spacial score (nSPS) is 13.3. The van der Waals surface area contributed by atoms with Gasteiger partial charge in [0.15, 0.2) is 0 Å². The van der Waals surface area contributed by atoms with Gasteiger partial charge in [-0.1, -0.05) is 22.4 Å². The molecule has 3 N–H and O–H groups in total. The summed E-state index contributed by atoms with van der Waals surface area (Å²) in [6.07, 6.45) is 6.74. The van der Waals surface area contributed by atoms with Crippen LogP contribution in [0, 0.1) is 0 Å². The molecular weight excluding hydrogens is 478 g/mol. The first-order chi connectivity index (χ1) is 15.1. The van der Waals surface area contributed by atoms with Gasteiger partial charge in [-0.15, -0.1) is 11.3 Å². The fraction of sp³-hybridized carbons (Fsp3) is 0.304. The third-order valence-electron chi connectivity index (χ3n) is 5.17. The minimum atomic E-state index is -0.180. The van der Waals surface area contributed by atoms with Crippen molar-refractivity contribution in [1.29, 1.82) is 0 Å². The Balaban J connectivity index is 1.50. The highest BCUT2D eigenvalue weighted by molar-refractivity contribution is 9.10. The Morgan fingerprint density at radius 1 is 1.03 bits per heavy atom. The maximum atomic E-state index is 13.2. The van der Waals surface area contributed by atoms with E-state index >= 15 is 0 Å². The first-order valence-corrected chi connectivity index (χ1v) is 12.0. The van der Waals surface area contributed by atoms with Gasteiger partial charge in [0, 0.05) is 15.0 Å². The number of carbonyl (C=O) groups excluding carboxylic acids is 2. The highest BCUT2D eigenvalue weighted by atomic mass is 79.9. The number of carbonyl (C=O) groups is 2. The minimum absolute atomic E-state index is 0.136. The number of amides is 2. The summed E-state index contributed by atoms with van der Waals surface area (Å²) in [7, 11) is 0. The van der Waals surface area contributed by atoms with E-state index in [1.54, 1.807) is 6.26 Å². The molecule has 0 saturated heterocycles. The van der Waals surface area contributed by atoms with Crippen LogP contribution >= 0.6 is 27.3 Å². The Morgan fingerprint density at radius 2 is 1.84 bits per heavy atom. The van der Waals surface area contributed by atoms with Gasteiger partial charge in [0.05, 0.1) is 24.9 Å². The van der Waals surface area contributed by atoms with Gasteiger partial charge in [0.25, 0.3) is 5.91 Å². The minimum Gasteiger partial charge on any atom is -0.468 e. The monoisotopic (exact) mass is 501 g/mol. The molecular formula is C23H24BrN3O3S. The predicted octanol–water partition coefficient (Wildman–Crippen LogP) is 5.35. The summed E-state index contributed by atoms with van der Waals surface area (Å²) in [6, 6.07) is 11.1. The van der Waals surface area contributed by atoms with Crippen molar-refractivity contribution in [2.24, 2.45) is 0 Å². The lowest BCUT2D eigenvalue weighted by atomic mass is 10.0. The van der Waals surface area contributed by atoms with Crippen molar-refractivity contribution < 1.29 is 14.0 Å². The molecule has 162 valence electrons. The molecule has 6 nitrogen and oxygen atoms in total. The van der Waals surface area contributed by atoms with Crippen molar-refractivity contribution in [1.82, 2.24) is 5.32 Å². The smallest absolute Gasteiger partial charge is 0.258 e. The predicted molar refractivity (Wildman–Crippen MR) is 127 cm³/mol. The van der Waals surface area contributed by atoms with Gasteiger partial charge < -0.3 is 20.4 Å². The number of hydrogen-bond acceptors (Lipinski definition) is 5. The van der Waals surface area contributed by atoms with E-state index in [0.29, 0.717) is 17.1 Å². The Hall–Kier alpha value is -2.42. The first kappa shape index (κ1) is 21.8. The van der Waals surface area contributed by atoms with E-state index in [0.717, 1.165) is 53.6 Å². The number of aryl methyl sites for hydroxylation is 1. The molecule has 31 heavy (non-hydrogen) atoms. The zero-order chi connectivity index (χ0) is 21.6. The summed E-state index contributed by atoms with van der Waals surface area (Å²) in [5.74, 6) is 0.409. The summed E-state index contributed by atoms with van der Waals surface area (Å²) in [6.45, 7) is 0.606. The average Bonchev–Trinajstić information content (AvgIpc) is 3.32. The molecule has 0 bridgehead atoms. The largest absolute Gasteiger partial charge is 0.468 e. The summed E-state index contributed by atoms with van der Waals surface area (Å²) < 4.78 is 6.22. The van der Waals surface area contributed by atoms with Gasteiger partial charge in [0.2, 0.25) is 5.91 Å². The molecule has 2 heterocycles. The van der Waals surface area contributed by atoms with E-state index in [2.05, 4.69) is 31.9 Å². The lowest BCUT2D eigenvalue weighted by molar-refractivity contribution is -0.115. The van der Waals surface area contributed by atoms with Gasteiger partial charge >= 0.3 is 0 Å².